The second-order valence-electron chi connectivity index (χ2n) is 4.23. The number of pyridine rings is 2. The minimum atomic E-state index is 0. The van der Waals surface area contributed by atoms with Gasteiger partial charge < -0.3 is 4.90 Å². The van der Waals surface area contributed by atoms with Crippen molar-refractivity contribution in [1.82, 2.24) is 14.9 Å². The topological polar surface area (TPSA) is 46.1 Å². The lowest BCUT2D eigenvalue weighted by Crippen LogP contribution is -2.32. The summed E-state index contributed by atoms with van der Waals surface area (Å²) >= 11 is 0. The van der Waals surface area contributed by atoms with Crippen molar-refractivity contribution in [3.05, 3.63) is 60.2 Å². The summed E-state index contributed by atoms with van der Waals surface area (Å²) in [6.07, 6.45) is 7.67. The molecule has 0 N–H and O–H groups in total. The zero-order valence-electron chi connectivity index (χ0n) is 11.4. The molecule has 2 aromatic heterocycles. The van der Waals surface area contributed by atoms with E-state index in [1.54, 1.807) is 36.9 Å². The molecule has 0 aliphatic rings. The summed E-state index contributed by atoms with van der Waals surface area (Å²) in [5.74, 6) is 0.0546. The maximum atomic E-state index is 12.3. The molecule has 20 heavy (non-hydrogen) atoms. The van der Waals surface area contributed by atoms with E-state index < -0.39 is 0 Å². The first-order valence-corrected chi connectivity index (χ1v) is 6.39. The Labute approximate surface area is 125 Å². The summed E-state index contributed by atoms with van der Waals surface area (Å²) < 4.78 is 0. The molecule has 0 bridgehead atoms. The molecular formula is C15H18ClN3O. The third-order valence-corrected chi connectivity index (χ3v) is 3.02. The number of amides is 1. The lowest BCUT2D eigenvalue weighted by Gasteiger charge is -2.20. The lowest BCUT2D eigenvalue weighted by molar-refractivity contribution is 0.0766. The van der Waals surface area contributed by atoms with E-state index in [0.717, 1.165) is 6.42 Å². The second kappa shape index (κ2) is 8.27. The average molecular weight is 292 g/mol. The number of carbonyl (C=O) groups excluding carboxylic acids is 1. The summed E-state index contributed by atoms with van der Waals surface area (Å²) in [7, 11) is 0. The Morgan fingerprint density at radius 3 is 2.15 bits per heavy atom. The van der Waals surface area contributed by atoms with Gasteiger partial charge in [0.15, 0.2) is 0 Å². The quantitative estimate of drug-likeness (QED) is 0.851. The molecule has 0 aliphatic carbocycles. The van der Waals surface area contributed by atoms with Crippen molar-refractivity contribution in [2.45, 2.75) is 13.3 Å². The van der Waals surface area contributed by atoms with Crippen molar-refractivity contribution < 1.29 is 4.79 Å². The van der Waals surface area contributed by atoms with Gasteiger partial charge >= 0.3 is 0 Å². The SMILES string of the molecule is CCN(CCc1ccncc1)C(=O)c1ccncc1.Cl. The number of aromatic nitrogens is 2. The molecule has 0 saturated carbocycles. The van der Waals surface area contributed by atoms with E-state index in [0.29, 0.717) is 18.7 Å². The Kier molecular flexibility index (Phi) is 6.67. The van der Waals surface area contributed by atoms with Crippen LogP contribution >= 0.6 is 12.4 Å². The van der Waals surface area contributed by atoms with E-state index in [4.69, 9.17) is 0 Å². The molecule has 2 aromatic rings. The van der Waals surface area contributed by atoms with Crippen LogP contribution in [0, 0.1) is 0 Å². The van der Waals surface area contributed by atoms with Crippen molar-refractivity contribution in [1.29, 1.82) is 0 Å². The zero-order valence-corrected chi connectivity index (χ0v) is 12.2. The van der Waals surface area contributed by atoms with Crippen LogP contribution in [0.15, 0.2) is 49.1 Å². The van der Waals surface area contributed by atoms with E-state index in [2.05, 4.69) is 9.97 Å². The number of rotatable bonds is 5. The summed E-state index contributed by atoms with van der Waals surface area (Å²) in [4.78, 5) is 22.0. The van der Waals surface area contributed by atoms with E-state index in [-0.39, 0.29) is 18.3 Å². The fraction of sp³-hybridized carbons (Fsp3) is 0.267. The Morgan fingerprint density at radius 2 is 1.60 bits per heavy atom. The number of nitrogens with zero attached hydrogens (tertiary/aromatic N) is 3. The van der Waals surface area contributed by atoms with Crippen LogP contribution in [0.4, 0.5) is 0 Å². The summed E-state index contributed by atoms with van der Waals surface area (Å²) in [6.45, 7) is 3.40. The fourth-order valence-electron chi connectivity index (χ4n) is 1.89. The van der Waals surface area contributed by atoms with Gasteiger partial charge in [0.25, 0.3) is 5.91 Å². The van der Waals surface area contributed by atoms with Crippen LogP contribution in [-0.2, 0) is 6.42 Å². The molecule has 0 radical (unpaired) electrons. The van der Waals surface area contributed by atoms with Gasteiger partial charge in [-0.1, -0.05) is 0 Å². The highest BCUT2D eigenvalue weighted by atomic mass is 35.5. The Morgan fingerprint density at radius 1 is 1.05 bits per heavy atom. The van der Waals surface area contributed by atoms with E-state index >= 15 is 0 Å². The van der Waals surface area contributed by atoms with Crippen LogP contribution in [0.5, 0.6) is 0 Å². The van der Waals surface area contributed by atoms with Crippen molar-refractivity contribution in [2.75, 3.05) is 13.1 Å². The first kappa shape index (κ1) is 16.1. The van der Waals surface area contributed by atoms with Gasteiger partial charge in [0.2, 0.25) is 0 Å². The molecule has 0 fully saturated rings. The van der Waals surface area contributed by atoms with Gasteiger partial charge in [-0.15, -0.1) is 12.4 Å². The van der Waals surface area contributed by atoms with E-state index in [1.165, 1.54) is 5.56 Å². The molecule has 0 atom stereocenters. The van der Waals surface area contributed by atoms with Crippen LogP contribution < -0.4 is 0 Å². The number of likely N-dealkylation sites (N-methyl/N-ethyl adjacent to an activating group) is 1. The van der Waals surface area contributed by atoms with Gasteiger partial charge in [0.05, 0.1) is 0 Å². The van der Waals surface area contributed by atoms with Gasteiger partial charge in [0, 0.05) is 43.4 Å². The molecule has 4 nitrogen and oxygen atoms in total. The molecule has 0 spiro atoms. The minimum absolute atomic E-state index is 0. The Hall–Kier alpha value is -1.94. The highest BCUT2D eigenvalue weighted by Crippen LogP contribution is 2.06. The first-order chi connectivity index (χ1) is 9.31. The van der Waals surface area contributed by atoms with Crippen LogP contribution in [0.1, 0.15) is 22.8 Å². The van der Waals surface area contributed by atoms with Crippen LogP contribution in [0.3, 0.4) is 0 Å². The predicted octanol–water partition coefficient (Wildman–Crippen LogP) is 2.60. The zero-order chi connectivity index (χ0) is 13.5. The maximum Gasteiger partial charge on any atom is 0.253 e. The standard InChI is InChI=1S/C15H17N3O.ClH/c1-2-18(12-7-13-3-8-16-9-4-13)15(19)14-5-10-17-11-6-14;/h3-6,8-11H,2,7,12H2,1H3;1H. The van der Waals surface area contributed by atoms with Crippen molar-refractivity contribution in [2.24, 2.45) is 0 Å². The largest absolute Gasteiger partial charge is 0.339 e. The van der Waals surface area contributed by atoms with E-state index in [9.17, 15) is 4.79 Å². The summed E-state index contributed by atoms with van der Waals surface area (Å²) in [6, 6.07) is 7.45. The number of carbonyl (C=O) groups is 1. The average Bonchev–Trinajstić information content (AvgIpc) is 2.49. The van der Waals surface area contributed by atoms with Crippen LogP contribution in [0.25, 0.3) is 0 Å². The van der Waals surface area contributed by atoms with E-state index in [1.807, 2.05) is 24.0 Å². The number of hydrogen-bond donors (Lipinski definition) is 0. The first-order valence-electron chi connectivity index (χ1n) is 6.39. The molecule has 0 aromatic carbocycles. The van der Waals surface area contributed by atoms with Gasteiger partial charge in [-0.25, -0.2) is 0 Å². The van der Waals surface area contributed by atoms with Crippen LogP contribution in [0.2, 0.25) is 0 Å². The second-order valence-corrected chi connectivity index (χ2v) is 4.23. The van der Waals surface area contributed by atoms with Gasteiger partial charge in [-0.3, -0.25) is 14.8 Å². The number of halogens is 1. The highest BCUT2D eigenvalue weighted by Gasteiger charge is 2.13. The third kappa shape index (κ3) is 4.31. The number of hydrogen-bond acceptors (Lipinski definition) is 3. The molecule has 5 heteroatoms. The van der Waals surface area contributed by atoms with Crippen molar-refractivity contribution >= 4 is 18.3 Å². The van der Waals surface area contributed by atoms with Crippen LogP contribution in [-0.4, -0.2) is 33.9 Å². The molecule has 1 amide bonds. The molecule has 106 valence electrons. The molecule has 0 aliphatic heterocycles. The minimum Gasteiger partial charge on any atom is -0.339 e. The maximum absolute atomic E-state index is 12.3. The third-order valence-electron chi connectivity index (χ3n) is 3.02. The smallest absolute Gasteiger partial charge is 0.253 e. The van der Waals surface area contributed by atoms with Gasteiger partial charge in [-0.05, 0) is 43.2 Å². The molecule has 2 heterocycles. The normalized spacial score (nSPS) is 9.65. The van der Waals surface area contributed by atoms with Gasteiger partial charge in [0.1, 0.15) is 0 Å². The lowest BCUT2D eigenvalue weighted by atomic mass is 10.1. The Balaban J connectivity index is 0.00000200. The summed E-state index contributed by atoms with van der Waals surface area (Å²) in [5, 5.41) is 0. The molecular weight excluding hydrogens is 274 g/mol. The van der Waals surface area contributed by atoms with Crippen molar-refractivity contribution in [3.63, 3.8) is 0 Å². The molecule has 2 rings (SSSR count). The fourth-order valence-corrected chi connectivity index (χ4v) is 1.89. The predicted molar refractivity (Wildman–Crippen MR) is 81.0 cm³/mol. The monoisotopic (exact) mass is 291 g/mol. The molecule has 0 saturated heterocycles. The van der Waals surface area contributed by atoms with Crippen molar-refractivity contribution in [3.8, 4) is 0 Å². The summed E-state index contributed by atoms with van der Waals surface area (Å²) in [5.41, 5.74) is 1.88. The Bertz CT molecular complexity index is 519. The van der Waals surface area contributed by atoms with Gasteiger partial charge in [-0.2, -0.15) is 0 Å². The highest BCUT2D eigenvalue weighted by molar-refractivity contribution is 5.94. The molecule has 0 unspecified atom stereocenters.